The van der Waals surface area contributed by atoms with Crippen LogP contribution in [0.5, 0.6) is 0 Å². The van der Waals surface area contributed by atoms with E-state index >= 15 is 0 Å². The number of halogens is 1. The number of hydrogen-bond acceptors (Lipinski definition) is 5. The van der Waals surface area contributed by atoms with Crippen LogP contribution in [0.4, 0.5) is 15.8 Å². The van der Waals surface area contributed by atoms with Gasteiger partial charge in [-0.05, 0) is 67.1 Å². The molecule has 3 amide bonds. The first-order valence-electron chi connectivity index (χ1n) is 16.3. The van der Waals surface area contributed by atoms with E-state index in [1.54, 1.807) is 79.3 Å². The zero-order valence-corrected chi connectivity index (χ0v) is 29.1. The molecule has 1 heterocycles. The predicted molar refractivity (Wildman–Crippen MR) is 203 cm³/mol. The van der Waals surface area contributed by atoms with Crippen molar-refractivity contribution in [3.8, 4) is 5.69 Å². The van der Waals surface area contributed by atoms with Gasteiger partial charge in [0.2, 0.25) is 5.91 Å². The zero-order chi connectivity index (χ0) is 36.6. The highest BCUT2D eigenvalue weighted by molar-refractivity contribution is 8.00. The van der Waals surface area contributed by atoms with E-state index in [1.807, 2.05) is 60.7 Å². The quantitative estimate of drug-likeness (QED) is 0.0952. The molecule has 1 unspecified atom stereocenters. The molecule has 6 aromatic rings. The number of aromatic nitrogens is 2. The van der Waals surface area contributed by atoms with Gasteiger partial charge in [0.15, 0.2) is 0 Å². The Labute approximate surface area is 303 Å². The number of carbonyl (C=O) groups excluding carboxylic acids is 3. The molecule has 1 aromatic heterocycles. The number of nitrogens with one attached hydrogen (secondary N) is 3. The van der Waals surface area contributed by atoms with Gasteiger partial charge in [-0.15, -0.1) is 11.8 Å². The van der Waals surface area contributed by atoms with E-state index in [4.69, 9.17) is 0 Å². The monoisotopic (exact) mass is 711 g/mol. The highest BCUT2D eigenvalue weighted by atomic mass is 32.2. The number of thioether (sulfide) groups is 1. The summed E-state index contributed by atoms with van der Waals surface area (Å²) in [7, 11) is 1.76. The molecule has 260 valence electrons. The fraction of sp³-hybridized carbons (Fsp3) is 0.0732. The van der Waals surface area contributed by atoms with Gasteiger partial charge in [0.05, 0.1) is 11.4 Å². The molecule has 11 heteroatoms. The van der Waals surface area contributed by atoms with E-state index < -0.39 is 28.8 Å². The van der Waals surface area contributed by atoms with Gasteiger partial charge in [0.1, 0.15) is 22.5 Å². The summed E-state index contributed by atoms with van der Waals surface area (Å²) in [5.41, 5.74) is 2.41. The highest BCUT2D eigenvalue weighted by Crippen LogP contribution is 2.37. The first-order valence-corrected chi connectivity index (χ1v) is 17.2. The van der Waals surface area contributed by atoms with Crippen LogP contribution in [0.2, 0.25) is 0 Å². The van der Waals surface area contributed by atoms with Crippen molar-refractivity contribution < 1.29 is 18.8 Å². The van der Waals surface area contributed by atoms with Crippen molar-refractivity contribution >= 4 is 46.9 Å². The third kappa shape index (κ3) is 8.11. The Bertz CT molecular complexity index is 2320. The van der Waals surface area contributed by atoms with Crippen molar-refractivity contribution in [2.24, 2.45) is 7.05 Å². The molecule has 0 bridgehead atoms. The predicted octanol–water partition coefficient (Wildman–Crippen LogP) is 7.51. The second-order valence-corrected chi connectivity index (χ2v) is 12.9. The molecule has 0 aliphatic heterocycles. The van der Waals surface area contributed by atoms with Gasteiger partial charge >= 0.3 is 0 Å². The molecule has 0 aliphatic rings. The second-order valence-electron chi connectivity index (χ2n) is 11.7. The third-order valence-corrected chi connectivity index (χ3v) is 9.47. The summed E-state index contributed by atoms with van der Waals surface area (Å²) < 4.78 is 17.8. The van der Waals surface area contributed by atoms with E-state index in [0.29, 0.717) is 33.1 Å². The Balaban J connectivity index is 1.26. The minimum Gasteiger partial charge on any atom is -0.321 e. The number of anilines is 2. The van der Waals surface area contributed by atoms with Crippen LogP contribution >= 0.6 is 11.8 Å². The van der Waals surface area contributed by atoms with E-state index in [2.05, 4.69) is 16.0 Å². The van der Waals surface area contributed by atoms with Gasteiger partial charge in [0.25, 0.3) is 17.4 Å². The SMILES string of the molecule is Cc1c(NC(=O)C(Sc2cccc(NC(=O)/C(=C/c3ccccc3F)NC(=O)c3ccccc3)c2)c2ccccc2)c(=O)n(-c2ccccc2)n1C. The molecular formula is C41H34FN5O4S. The van der Waals surface area contributed by atoms with Crippen LogP contribution in [0, 0.1) is 12.7 Å². The van der Waals surface area contributed by atoms with Gasteiger partial charge in [0, 0.05) is 28.8 Å². The maximum absolute atomic E-state index is 14.6. The van der Waals surface area contributed by atoms with Crippen molar-refractivity contribution in [3.63, 3.8) is 0 Å². The molecule has 5 aromatic carbocycles. The van der Waals surface area contributed by atoms with Crippen LogP contribution in [0.15, 0.2) is 155 Å². The lowest BCUT2D eigenvalue weighted by Crippen LogP contribution is -2.30. The smallest absolute Gasteiger partial charge is 0.295 e. The van der Waals surface area contributed by atoms with Crippen LogP contribution in [0.25, 0.3) is 11.8 Å². The minimum absolute atomic E-state index is 0.117. The van der Waals surface area contributed by atoms with Crippen molar-refractivity contribution in [3.05, 3.63) is 184 Å². The van der Waals surface area contributed by atoms with Crippen LogP contribution in [-0.2, 0) is 16.6 Å². The molecule has 0 radical (unpaired) electrons. The lowest BCUT2D eigenvalue weighted by atomic mass is 10.1. The molecule has 0 fully saturated rings. The Morgan fingerprint density at radius 1 is 0.769 bits per heavy atom. The molecule has 1 atom stereocenters. The Morgan fingerprint density at radius 3 is 2.10 bits per heavy atom. The average molecular weight is 712 g/mol. The molecule has 3 N–H and O–H groups in total. The fourth-order valence-electron chi connectivity index (χ4n) is 5.47. The second kappa shape index (κ2) is 16.0. The number of para-hydroxylation sites is 1. The Morgan fingerprint density at radius 2 is 1.40 bits per heavy atom. The summed E-state index contributed by atoms with van der Waals surface area (Å²) >= 11 is 1.24. The summed E-state index contributed by atoms with van der Waals surface area (Å²) in [6.45, 7) is 1.77. The number of benzene rings is 5. The van der Waals surface area contributed by atoms with Gasteiger partial charge in [-0.1, -0.05) is 91.0 Å². The van der Waals surface area contributed by atoms with Gasteiger partial charge in [-0.2, -0.15) is 0 Å². The van der Waals surface area contributed by atoms with Gasteiger partial charge in [-0.25, -0.2) is 9.07 Å². The Kier molecular flexibility index (Phi) is 10.9. The average Bonchev–Trinajstić information content (AvgIpc) is 3.37. The number of amides is 3. The molecule has 6 rings (SSSR count). The molecule has 0 aliphatic carbocycles. The summed E-state index contributed by atoms with van der Waals surface area (Å²) in [6, 6.07) is 39.5. The topological polar surface area (TPSA) is 114 Å². The summed E-state index contributed by atoms with van der Waals surface area (Å²) in [4.78, 5) is 54.9. The van der Waals surface area contributed by atoms with Gasteiger partial charge < -0.3 is 16.0 Å². The molecular weight excluding hydrogens is 678 g/mol. The van der Waals surface area contributed by atoms with Crippen molar-refractivity contribution in [2.45, 2.75) is 17.1 Å². The van der Waals surface area contributed by atoms with Crippen molar-refractivity contribution in [2.75, 3.05) is 10.6 Å². The van der Waals surface area contributed by atoms with Crippen LogP contribution in [0.3, 0.4) is 0 Å². The van der Waals surface area contributed by atoms with E-state index in [1.165, 1.54) is 40.7 Å². The largest absolute Gasteiger partial charge is 0.321 e. The summed E-state index contributed by atoms with van der Waals surface area (Å²) in [5.74, 6) is -2.18. The molecule has 52 heavy (non-hydrogen) atoms. The first kappa shape index (κ1) is 35.4. The summed E-state index contributed by atoms with van der Waals surface area (Å²) in [6.07, 6.45) is 1.28. The van der Waals surface area contributed by atoms with Crippen LogP contribution in [-0.4, -0.2) is 27.1 Å². The molecule has 0 saturated carbocycles. The van der Waals surface area contributed by atoms with E-state index in [-0.39, 0.29) is 22.5 Å². The molecule has 9 nitrogen and oxygen atoms in total. The van der Waals surface area contributed by atoms with Crippen LogP contribution < -0.4 is 21.5 Å². The number of carbonyl (C=O) groups is 3. The standard InChI is InChI=1S/C41H34FN5O4S/c1-27-36(41(51)47(46(27)2)32-21-10-5-11-22-32)45-40(50)37(28-15-6-3-7-16-28)52-33-23-14-20-31(26-33)43-39(49)35(25-30-19-12-13-24-34(30)42)44-38(48)29-17-8-4-9-18-29/h3-26,37H,1-2H3,(H,43,49)(H,44,48)(H,45,50)/b35-25-. The lowest BCUT2D eigenvalue weighted by Gasteiger charge is -2.17. The number of rotatable bonds is 11. The van der Waals surface area contributed by atoms with E-state index in [0.717, 1.165) is 0 Å². The van der Waals surface area contributed by atoms with Crippen molar-refractivity contribution in [1.29, 1.82) is 0 Å². The lowest BCUT2D eigenvalue weighted by molar-refractivity contribution is -0.116. The first-order chi connectivity index (χ1) is 25.2. The molecule has 0 saturated heterocycles. The zero-order valence-electron chi connectivity index (χ0n) is 28.2. The highest BCUT2D eigenvalue weighted by Gasteiger charge is 2.26. The van der Waals surface area contributed by atoms with Crippen LogP contribution in [0.1, 0.15) is 32.4 Å². The number of hydrogen-bond donors (Lipinski definition) is 3. The Hall–Kier alpha value is -6.46. The maximum Gasteiger partial charge on any atom is 0.295 e. The fourth-order valence-corrected chi connectivity index (χ4v) is 6.56. The maximum atomic E-state index is 14.6. The summed E-state index contributed by atoms with van der Waals surface area (Å²) in [5, 5.41) is 7.52. The number of nitrogens with zero attached hydrogens (tertiary/aromatic N) is 2. The third-order valence-electron chi connectivity index (χ3n) is 8.22. The van der Waals surface area contributed by atoms with Gasteiger partial charge in [-0.3, -0.25) is 23.9 Å². The van der Waals surface area contributed by atoms with Crippen molar-refractivity contribution in [1.82, 2.24) is 14.7 Å². The minimum atomic E-state index is -0.780. The van der Waals surface area contributed by atoms with E-state index in [9.17, 15) is 23.6 Å². The molecule has 0 spiro atoms. The normalized spacial score (nSPS) is 11.8.